The fraction of sp³-hybridized carbons (Fsp3) is 0.0952. The Kier molecular flexibility index (Phi) is 4.56. The van der Waals surface area contributed by atoms with E-state index in [4.69, 9.17) is 4.98 Å². The lowest BCUT2D eigenvalue weighted by molar-refractivity contribution is 0.102. The second kappa shape index (κ2) is 7.17. The van der Waals surface area contributed by atoms with Crippen LogP contribution in [0.2, 0.25) is 0 Å². The van der Waals surface area contributed by atoms with Crippen molar-refractivity contribution in [1.29, 1.82) is 0 Å². The number of nitrogens with one attached hydrogen (secondary N) is 1. The standard InChI is InChI=1S/C21H18N4OS/c1-14-8-10-16(11-9-14)18-13-27-21(22-18)25-19(12-15(2)24-25)23-20(26)17-6-4-3-5-7-17/h3-13H,1-2H3,(H,23,26). The molecule has 0 bridgehead atoms. The van der Waals surface area contributed by atoms with E-state index >= 15 is 0 Å². The van der Waals surface area contributed by atoms with Crippen LogP contribution in [0.3, 0.4) is 0 Å². The van der Waals surface area contributed by atoms with Crippen molar-refractivity contribution in [2.24, 2.45) is 0 Å². The van der Waals surface area contributed by atoms with E-state index in [0.29, 0.717) is 16.5 Å². The maximum Gasteiger partial charge on any atom is 0.256 e. The summed E-state index contributed by atoms with van der Waals surface area (Å²) >= 11 is 1.49. The normalized spacial score (nSPS) is 10.7. The lowest BCUT2D eigenvalue weighted by Gasteiger charge is -2.06. The van der Waals surface area contributed by atoms with Crippen molar-refractivity contribution in [2.75, 3.05) is 5.32 Å². The summed E-state index contributed by atoms with van der Waals surface area (Å²) < 4.78 is 1.68. The minimum absolute atomic E-state index is 0.174. The summed E-state index contributed by atoms with van der Waals surface area (Å²) in [5, 5.41) is 10.1. The van der Waals surface area contributed by atoms with Crippen LogP contribution in [0.4, 0.5) is 5.82 Å². The molecular formula is C21H18N4OS. The predicted molar refractivity (Wildman–Crippen MR) is 109 cm³/mol. The van der Waals surface area contributed by atoms with Gasteiger partial charge in [0, 0.05) is 22.6 Å². The molecule has 2 aromatic heterocycles. The molecule has 5 nitrogen and oxygen atoms in total. The largest absolute Gasteiger partial charge is 0.306 e. The summed E-state index contributed by atoms with van der Waals surface area (Å²) in [6.45, 7) is 3.95. The van der Waals surface area contributed by atoms with Gasteiger partial charge in [-0.15, -0.1) is 11.3 Å². The Labute approximate surface area is 161 Å². The maximum absolute atomic E-state index is 12.5. The van der Waals surface area contributed by atoms with Gasteiger partial charge >= 0.3 is 0 Å². The first-order chi connectivity index (χ1) is 13.1. The van der Waals surface area contributed by atoms with Crippen LogP contribution in [-0.4, -0.2) is 20.7 Å². The van der Waals surface area contributed by atoms with E-state index in [1.807, 2.05) is 36.6 Å². The lowest BCUT2D eigenvalue weighted by Crippen LogP contribution is -2.14. The van der Waals surface area contributed by atoms with Crippen molar-refractivity contribution >= 4 is 23.1 Å². The van der Waals surface area contributed by atoms with E-state index in [1.54, 1.807) is 16.8 Å². The molecule has 0 atom stereocenters. The smallest absolute Gasteiger partial charge is 0.256 e. The van der Waals surface area contributed by atoms with Crippen LogP contribution in [0, 0.1) is 13.8 Å². The van der Waals surface area contributed by atoms with Crippen LogP contribution in [0.25, 0.3) is 16.4 Å². The van der Waals surface area contributed by atoms with Crippen LogP contribution in [-0.2, 0) is 0 Å². The highest BCUT2D eigenvalue weighted by molar-refractivity contribution is 7.12. The first kappa shape index (κ1) is 17.2. The van der Waals surface area contributed by atoms with Gasteiger partial charge in [-0.25, -0.2) is 4.98 Å². The Morgan fingerprint density at radius 3 is 2.52 bits per heavy atom. The number of anilines is 1. The zero-order valence-electron chi connectivity index (χ0n) is 15.0. The van der Waals surface area contributed by atoms with E-state index in [1.165, 1.54) is 16.9 Å². The lowest BCUT2D eigenvalue weighted by atomic mass is 10.1. The number of amides is 1. The molecule has 27 heavy (non-hydrogen) atoms. The summed E-state index contributed by atoms with van der Waals surface area (Å²) in [5.74, 6) is 0.429. The number of benzene rings is 2. The van der Waals surface area contributed by atoms with Crippen molar-refractivity contribution in [2.45, 2.75) is 13.8 Å². The summed E-state index contributed by atoms with van der Waals surface area (Å²) in [5.41, 5.74) is 4.57. The van der Waals surface area contributed by atoms with Crippen LogP contribution in [0.15, 0.2) is 66.0 Å². The molecule has 1 N–H and O–H groups in total. The zero-order chi connectivity index (χ0) is 18.8. The third-order valence-corrected chi connectivity index (χ3v) is 4.95. The quantitative estimate of drug-likeness (QED) is 0.555. The van der Waals surface area contributed by atoms with Crippen molar-refractivity contribution in [3.05, 3.63) is 82.9 Å². The van der Waals surface area contributed by atoms with Crippen LogP contribution in [0.1, 0.15) is 21.6 Å². The van der Waals surface area contributed by atoms with Gasteiger partial charge in [0.1, 0.15) is 5.82 Å². The van der Waals surface area contributed by atoms with Gasteiger partial charge in [0.15, 0.2) is 0 Å². The molecule has 0 aliphatic heterocycles. The average Bonchev–Trinajstić information content (AvgIpc) is 3.30. The molecule has 0 fully saturated rings. The second-order valence-corrected chi connectivity index (χ2v) is 7.12. The fourth-order valence-corrected chi connectivity index (χ4v) is 3.53. The number of carbonyl (C=O) groups excluding carboxylic acids is 1. The van der Waals surface area contributed by atoms with Gasteiger partial charge in [-0.3, -0.25) is 4.79 Å². The molecule has 0 spiro atoms. The highest BCUT2D eigenvalue weighted by Gasteiger charge is 2.15. The molecule has 0 saturated carbocycles. The number of hydrogen-bond acceptors (Lipinski definition) is 4. The zero-order valence-corrected chi connectivity index (χ0v) is 15.8. The molecule has 0 aliphatic carbocycles. The van der Waals surface area contributed by atoms with Crippen LogP contribution < -0.4 is 5.32 Å². The van der Waals surface area contributed by atoms with Gasteiger partial charge in [0.05, 0.1) is 11.4 Å². The number of thiazole rings is 1. The molecule has 2 aromatic carbocycles. The maximum atomic E-state index is 12.5. The number of carbonyl (C=O) groups is 1. The first-order valence-corrected chi connectivity index (χ1v) is 9.44. The highest BCUT2D eigenvalue weighted by Crippen LogP contribution is 2.26. The summed E-state index contributed by atoms with van der Waals surface area (Å²) in [6.07, 6.45) is 0. The Morgan fingerprint density at radius 2 is 1.78 bits per heavy atom. The molecule has 4 aromatic rings. The van der Waals surface area contributed by atoms with E-state index in [0.717, 1.165) is 17.0 Å². The summed E-state index contributed by atoms with van der Waals surface area (Å²) in [6, 6.07) is 19.2. The molecule has 134 valence electrons. The van der Waals surface area contributed by atoms with Crippen molar-refractivity contribution < 1.29 is 4.79 Å². The number of hydrogen-bond donors (Lipinski definition) is 1. The molecule has 0 aliphatic rings. The molecule has 0 unspecified atom stereocenters. The topological polar surface area (TPSA) is 59.8 Å². The molecule has 2 heterocycles. The summed E-state index contributed by atoms with van der Waals surface area (Å²) in [4.78, 5) is 17.2. The molecule has 4 rings (SSSR count). The van der Waals surface area contributed by atoms with Crippen molar-refractivity contribution in [3.63, 3.8) is 0 Å². The van der Waals surface area contributed by atoms with Gasteiger partial charge in [-0.05, 0) is 26.0 Å². The number of aryl methyl sites for hydroxylation is 2. The van der Waals surface area contributed by atoms with Crippen LogP contribution in [0.5, 0.6) is 0 Å². The molecule has 1 amide bonds. The van der Waals surface area contributed by atoms with Gasteiger partial charge < -0.3 is 5.32 Å². The molecule has 6 heteroatoms. The minimum atomic E-state index is -0.174. The van der Waals surface area contributed by atoms with Gasteiger partial charge in [-0.2, -0.15) is 9.78 Å². The highest BCUT2D eigenvalue weighted by atomic mass is 32.1. The SMILES string of the molecule is Cc1ccc(-c2csc(-n3nc(C)cc3NC(=O)c3ccccc3)n2)cc1. The van der Waals surface area contributed by atoms with Gasteiger partial charge in [-0.1, -0.05) is 48.0 Å². The van der Waals surface area contributed by atoms with Gasteiger partial charge in [0.2, 0.25) is 5.13 Å². The van der Waals surface area contributed by atoms with Gasteiger partial charge in [0.25, 0.3) is 5.91 Å². The minimum Gasteiger partial charge on any atom is -0.306 e. The second-order valence-electron chi connectivity index (χ2n) is 6.28. The first-order valence-electron chi connectivity index (χ1n) is 8.56. The third-order valence-electron chi connectivity index (χ3n) is 4.13. The third kappa shape index (κ3) is 3.66. The molecule has 0 radical (unpaired) electrons. The number of nitrogens with zero attached hydrogens (tertiary/aromatic N) is 3. The number of rotatable bonds is 4. The van der Waals surface area contributed by atoms with Crippen molar-refractivity contribution in [1.82, 2.24) is 14.8 Å². The number of aromatic nitrogens is 3. The molecule has 0 saturated heterocycles. The Morgan fingerprint density at radius 1 is 1.04 bits per heavy atom. The van der Waals surface area contributed by atoms with E-state index in [9.17, 15) is 4.79 Å². The fourth-order valence-electron chi connectivity index (χ4n) is 2.73. The van der Waals surface area contributed by atoms with E-state index in [-0.39, 0.29) is 5.91 Å². The monoisotopic (exact) mass is 374 g/mol. The average molecular weight is 374 g/mol. The van der Waals surface area contributed by atoms with E-state index in [2.05, 4.69) is 41.6 Å². The van der Waals surface area contributed by atoms with E-state index < -0.39 is 0 Å². The Hall–Kier alpha value is -3.25. The summed E-state index contributed by atoms with van der Waals surface area (Å²) in [7, 11) is 0. The Bertz CT molecular complexity index is 1080. The predicted octanol–water partition coefficient (Wildman–Crippen LogP) is 4.86. The molecular weight excluding hydrogens is 356 g/mol. The Balaban J connectivity index is 1.63. The van der Waals surface area contributed by atoms with Crippen molar-refractivity contribution in [3.8, 4) is 16.4 Å². The van der Waals surface area contributed by atoms with Crippen LogP contribution >= 0.6 is 11.3 Å².